The number of rotatable bonds is 2. The van der Waals surface area contributed by atoms with Crippen LogP contribution in [0.15, 0.2) is 24.4 Å². The standard InChI is InChI=1S/C11H14N6/c1-2-4-13-9(3-1)10-11(15-16-14-10)17-7-5-12-6-8-17/h1-4,12H,5-8H2,(H,14,15,16). The summed E-state index contributed by atoms with van der Waals surface area (Å²) in [6.07, 6.45) is 1.77. The molecule has 0 unspecified atom stereocenters. The minimum absolute atomic E-state index is 0.826. The molecule has 0 spiro atoms. The summed E-state index contributed by atoms with van der Waals surface area (Å²) >= 11 is 0. The highest BCUT2D eigenvalue weighted by atomic mass is 15.4. The predicted molar refractivity (Wildman–Crippen MR) is 64.7 cm³/mol. The number of aromatic amines is 1. The van der Waals surface area contributed by atoms with E-state index in [-0.39, 0.29) is 0 Å². The molecule has 88 valence electrons. The van der Waals surface area contributed by atoms with Crippen molar-refractivity contribution < 1.29 is 0 Å². The summed E-state index contributed by atoms with van der Waals surface area (Å²) in [7, 11) is 0. The first-order valence-corrected chi connectivity index (χ1v) is 5.73. The molecule has 1 aliphatic heterocycles. The van der Waals surface area contributed by atoms with Crippen molar-refractivity contribution in [1.82, 2.24) is 25.7 Å². The fraction of sp³-hybridized carbons (Fsp3) is 0.364. The number of hydrogen-bond donors (Lipinski definition) is 2. The van der Waals surface area contributed by atoms with Crippen LogP contribution in [0.4, 0.5) is 5.82 Å². The van der Waals surface area contributed by atoms with Crippen LogP contribution in [-0.4, -0.2) is 46.6 Å². The lowest BCUT2D eigenvalue weighted by Crippen LogP contribution is -2.43. The molecule has 3 rings (SSSR count). The Morgan fingerprint density at radius 2 is 2.00 bits per heavy atom. The van der Waals surface area contributed by atoms with E-state index in [1.165, 1.54) is 0 Å². The van der Waals surface area contributed by atoms with Crippen molar-refractivity contribution in [1.29, 1.82) is 0 Å². The van der Waals surface area contributed by atoms with Crippen molar-refractivity contribution in [3.05, 3.63) is 24.4 Å². The molecule has 6 nitrogen and oxygen atoms in total. The van der Waals surface area contributed by atoms with E-state index in [4.69, 9.17) is 0 Å². The summed E-state index contributed by atoms with van der Waals surface area (Å²) in [4.78, 5) is 6.54. The van der Waals surface area contributed by atoms with Crippen molar-refractivity contribution in [3.63, 3.8) is 0 Å². The van der Waals surface area contributed by atoms with Crippen LogP contribution in [0.1, 0.15) is 0 Å². The van der Waals surface area contributed by atoms with Crippen LogP contribution in [0.2, 0.25) is 0 Å². The highest BCUT2D eigenvalue weighted by Crippen LogP contribution is 2.24. The Kier molecular flexibility index (Phi) is 2.71. The molecule has 0 radical (unpaired) electrons. The molecule has 0 amide bonds. The summed E-state index contributed by atoms with van der Waals surface area (Å²) < 4.78 is 0. The molecular formula is C11H14N6. The molecule has 3 heterocycles. The zero-order valence-corrected chi connectivity index (χ0v) is 9.43. The molecule has 0 aliphatic carbocycles. The highest BCUT2D eigenvalue weighted by Gasteiger charge is 2.19. The summed E-state index contributed by atoms with van der Waals surface area (Å²) in [6, 6.07) is 5.80. The minimum atomic E-state index is 0.826. The SMILES string of the molecule is c1ccc(-c2n[nH]nc2N2CCNCC2)nc1. The Morgan fingerprint density at radius 1 is 1.12 bits per heavy atom. The topological polar surface area (TPSA) is 69.7 Å². The largest absolute Gasteiger partial charge is 0.351 e. The molecular weight excluding hydrogens is 216 g/mol. The first-order chi connectivity index (χ1) is 8.45. The average molecular weight is 230 g/mol. The van der Waals surface area contributed by atoms with Gasteiger partial charge < -0.3 is 10.2 Å². The quantitative estimate of drug-likeness (QED) is 0.775. The van der Waals surface area contributed by atoms with Crippen molar-refractivity contribution in [2.75, 3.05) is 31.1 Å². The second-order valence-corrected chi connectivity index (χ2v) is 3.95. The van der Waals surface area contributed by atoms with Gasteiger partial charge in [0.1, 0.15) is 0 Å². The van der Waals surface area contributed by atoms with Crippen LogP contribution < -0.4 is 10.2 Å². The van der Waals surface area contributed by atoms with Gasteiger partial charge in [-0.1, -0.05) is 6.07 Å². The fourth-order valence-electron chi connectivity index (χ4n) is 2.00. The van der Waals surface area contributed by atoms with Crippen LogP contribution in [0.25, 0.3) is 11.4 Å². The Bertz CT molecular complexity index is 474. The van der Waals surface area contributed by atoms with Gasteiger partial charge in [0, 0.05) is 32.4 Å². The van der Waals surface area contributed by atoms with Gasteiger partial charge in [0.15, 0.2) is 11.5 Å². The summed E-state index contributed by atoms with van der Waals surface area (Å²) in [6.45, 7) is 3.86. The molecule has 1 saturated heterocycles. The Hall–Kier alpha value is -1.95. The van der Waals surface area contributed by atoms with E-state index in [9.17, 15) is 0 Å². The van der Waals surface area contributed by atoms with Gasteiger partial charge in [0.25, 0.3) is 0 Å². The van der Waals surface area contributed by atoms with Crippen molar-refractivity contribution in [2.24, 2.45) is 0 Å². The molecule has 0 bridgehead atoms. The Morgan fingerprint density at radius 3 is 2.76 bits per heavy atom. The van der Waals surface area contributed by atoms with E-state index < -0.39 is 0 Å². The molecule has 0 aromatic carbocycles. The van der Waals surface area contributed by atoms with Crippen molar-refractivity contribution in [2.45, 2.75) is 0 Å². The third-order valence-electron chi connectivity index (χ3n) is 2.85. The van der Waals surface area contributed by atoms with E-state index in [1.54, 1.807) is 6.20 Å². The van der Waals surface area contributed by atoms with E-state index >= 15 is 0 Å². The van der Waals surface area contributed by atoms with E-state index in [0.29, 0.717) is 0 Å². The summed E-state index contributed by atoms with van der Waals surface area (Å²) in [5.74, 6) is 0.894. The third kappa shape index (κ3) is 1.99. The molecule has 2 aromatic heterocycles. The molecule has 1 aliphatic rings. The molecule has 17 heavy (non-hydrogen) atoms. The number of hydrogen-bond acceptors (Lipinski definition) is 5. The number of piperazine rings is 1. The normalized spacial score (nSPS) is 16.1. The van der Waals surface area contributed by atoms with Gasteiger partial charge in [-0.15, -0.1) is 5.10 Å². The minimum Gasteiger partial charge on any atom is -0.351 e. The predicted octanol–water partition coefficient (Wildman–Crippen LogP) is 0.276. The summed E-state index contributed by atoms with van der Waals surface area (Å²) in [5.41, 5.74) is 1.68. The van der Waals surface area contributed by atoms with Crippen LogP contribution in [0.5, 0.6) is 0 Å². The number of nitrogens with zero attached hydrogens (tertiary/aromatic N) is 4. The van der Waals surface area contributed by atoms with Crippen LogP contribution >= 0.6 is 0 Å². The smallest absolute Gasteiger partial charge is 0.180 e. The second-order valence-electron chi connectivity index (χ2n) is 3.95. The highest BCUT2D eigenvalue weighted by molar-refractivity contribution is 5.68. The van der Waals surface area contributed by atoms with Gasteiger partial charge in [0.05, 0.1) is 5.69 Å². The van der Waals surface area contributed by atoms with Gasteiger partial charge in [-0.05, 0) is 12.1 Å². The Labute approximate surface area is 99.1 Å². The van der Waals surface area contributed by atoms with E-state index in [0.717, 1.165) is 43.4 Å². The molecule has 6 heteroatoms. The molecule has 0 saturated carbocycles. The summed E-state index contributed by atoms with van der Waals surface area (Å²) in [5, 5.41) is 14.5. The lowest BCUT2D eigenvalue weighted by Gasteiger charge is -2.27. The van der Waals surface area contributed by atoms with Gasteiger partial charge >= 0.3 is 0 Å². The maximum absolute atomic E-state index is 4.31. The second kappa shape index (κ2) is 4.50. The van der Waals surface area contributed by atoms with Crippen LogP contribution in [0.3, 0.4) is 0 Å². The van der Waals surface area contributed by atoms with Crippen molar-refractivity contribution in [3.8, 4) is 11.4 Å². The molecule has 1 fully saturated rings. The molecule has 0 atom stereocenters. The zero-order chi connectivity index (χ0) is 11.5. The van der Waals surface area contributed by atoms with Crippen molar-refractivity contribution >= 4 is 5.82 Å². The van der Waals surface area contributed by atoms with E-state index in [2.05, 4.69) is 30.6 Å². The lowest BCUT2D eigenvalue weighted by atomic mass is 10.2. The Balaban J connectivity index is 1.93. The monoisotopic (exact) mass is 230 g/mol. The first-order valence-electron chi connectivity index (χ1n) is 5.73. The number of anilines is 1. The maximum atomic E-state index is 4.31. The van der Waals surface area contributed by atoms with Gasteiger partial charge in [-0.2, -0.15) is 10.3 Å². The van der Waals surface area contributed by atoms with Crippen LogP contribution in [-0.2, 0) is 0 Å². The molecule has 2 N–H and O–H groups in total. The first kappa shape index (κ1) is 10.2. The van der Waals surface area contributed by atoms with Gasteiger partial charge in [-0.3, -0.25) is 4.98 Å². The van der Waals surface area contributed by atoms with E-state index in [1.807, 2.05) is 18.2 Å². The molecule has 2 aromatic rings. The number of aromatic nitrogens is 4. The zero-order valence-electron chi connectivity index (χ0n) is 9.43. The third-order valence-corrected chi connectivity index (χ3v) is 2.85. The number of nitrogens with one attached hydrogen (secondary N) is 2. The van der Waals surface area contributed by atoms with Gasteiger partial charge in [-0.25, -0.2) is 0 Å². The average Bonchev–Trinajstić information content (AvgIpc) is 2.90. The lowest BCUT2D eigenvalue weighted by molar-refractivity contribution is 0.585. The van der Waals surface area contributed by atoms with Crippen LogP contribution in [0, 0.1) is 0 Å². The van der Waals surface area contributed by atoms with Gasteiger partial charge in [0.2, 0.25) is 0 Å². The number of H-pyrrole nitrogens is 1. The number of pyridine rings is 1. The fourth-order valence-corrected chi connectivity index (χ4v) is 2.00. The maximum Gasteiger partial charge on any atom is 0.180 e.